The van der Waals surface area contributed by atoms with Crippen LogP contribution in [0.15, 0.2) is 46.9 Å². The van der Waals surface area contributed by atoms with E-state index in [1.54, 1.807) is 0 Å². The zero-order valence-electron chi connectivity index (χ0n) is 10.4. The fraction of sp³-hybridized carbons (Fsp3) is 0.188. The Morgan fingerprint density at radius 1 is 1.05 bits per heavy atom. The van der Waals surface area contributed by atoms with Gasteiger partial charge in [0.25, 0.3) is 0 Å². The number of hydrogen-bond donors (Lipinski definition) is 0. The first-order chi connectivity index (χ1) is 9.29. The zero-order chi connectivity index (χ0) is 13.2. The summed E-state index contributed by atoms with van der Waals surface area (Å²) in [5, 5.41) is 9.32. The monoisotopic (exact) mass is 312 g/mol. The van der Waals surface area contributed by atoms with Gasteiger partial charge in [-0.05, 0) is 45.6 Å². The van der Waals surface area contributed by atoms with Crippen molar-refractivity contribution in [1.29, 1.82) is 5.26 Å². The zero-order valence-corrected chi connectivity index (χ0v) is 12.0. The number of hydrogen-bond acceptors (Lipinski definition) is 2. The summed E-state index contributed by atoms with van der Waals surface area (Å²) in [6.45, 7) is 1.84. The maximum Gasteiger partial charge on any atom is 0.103 e. The fourth-order valence-corrected chi connectivity index (χ4v) is 3.03. The molecule has 0 amide bonds. The standard InChI is InChI=1S/C16H13BrN2/c17-15-6-3-7-16(14(15)10-18)19-9-8-12-4-1-2-5-13(12)11-19/h1-7H,8-9,11H2. The van der Waals surface area contributed by atoms with E-state index in [2.05, 4.69) is 51.2 Å². The molecule has 0 saturated heterocycles. The number of halogens is 1. The number of benzene rings is 2. The highest BCUT2D eigenvalue weighted by Crippen LogP contribution is 2.30. The molecule has 0 N–H and O–H groups in total. The van der Waals surface area contributed by atoms with E-state index in [0.717, 1.165) is 35.2 Å². The molecular weight excluding hydrogens is 300 g/mol. The molecule has 3 rings (SSSR count). The minimum atomic E-state index is 0.724. The maximum absolute atomic E-state index is 9.32. The van der Waals surface area contributed by atoms with Crippen molar-refractivity contribution in [3.63, 3.8) is 0 Å². The lowest BCUT2D eigenvalue weighted by molar-refractivity contribution is 0.730. The average Bonchev–Trinajstić information content (AvgIpc) is 2.46. The highest BCUT2D eigenvalue weighted by molar-refractivity contribution is 9.10. The quantitative estimate of drug-likeness (QED) is 0.799. The van der Waals surface area contributed by atoms with Crippen LogP contribution in [0, 0.1) is 11.3 Å². The van der Waals surface area contributed by atoms with Gasteiger partial charge in [0.05, 0.1) is 11.3 Å². The first-order valence-electron chi connectivity index (χ1n) is 6.30. The lowest BCUT2D eigenvalue weighted by Crippen LogP contribution is -2.30. The Morgan fingerprint density at radius 2 is 1.84 bits per heavy atom. The number of rotatable bonds is 1. The molecule has 94 valence electrons. The van der Waals surface area contributed by atoms with E-state index in [1.807, 2.05) is 18.2 Å². The Morgan fingerprint density at radius 3 is 2.63 bits per heavy atom. The second-order valence-corrected chi connectivity index (χ2v) is 5.54. The first kappa shape index (κ1) is 12.3. The van der Waals surface area contributed by atoms with Gasteiger partial charge in [0.2, 0.25) is 0 Å². The van der Waals surface area contributed by atoms with E-state index in [0.29, 0.717) is 0 Å². The third kappa shape index (κ3) is 2.24. The minimum Gasteiger partial charge on any atom is -0.366 e. The molecule has 0 bridgehead atoms. The molecule has 0 saturated carbocycles. The summed E-state index contributed by atoms with van der Waals surface area (Å²) >= 11 is 3.46. The van der Waals surface area contributed by atoms with Crippen LogP contribution in [-0.4, -0.2) is 6.54 Å². The topological polar surface area (TPSA) is 27.0 Å². The number of fused-ring (bicyclic) bond motifs is 1. The lowest BCUT2D eigenvalue weighted by atomic mass is 9.99. The van der Waals surface area contributed by atoms with Crippen LogP contribution in [0.2, 0.25) is 0 Å². The van der Waals surface area contributed by atoms with Crippen molar-refractivity contribution < 1.29 is 0 Å². The van der Waals surface area contributed by atoms with Crippen LogP contribution < -0.4 is 4.90 Å². The predicted octanol–water partition coefficient (Wildman–Crippen LogP) is 3.88. The molecule has 0 aromatic heterocycles. The summed E-state index contributed by atoms with van der Waals surface area (Å²) in [5.74, 6) is 0. The summed E-state index contributed by atoms with van der Waals surface area (Å²) in [4.78, 5) is 2.28. The molecule has 0 fully saturated rings. The molecule has 2 aromatic carbocycles. The molecule has 2 aromatic rings. The Kier molecular flexibility index (Phi) is 3.27. The van der Waals surface area contributed by atoms with Crippen molar-refractivity contribution in [3.05, 3.63) is 63.6 Å². The smallest absolute Gasteiger partial charge is 0.103 e. The van der Waals surface area contributed by atoms with Gasteiger partial charge in [0, 0.05) is 17.6 Å². The van der Waals surface area contributed by atoms with Gasteiger partial charge in [-0.3, -0.25) is 0 Å². The van der Waals surface area contributed by atoms with Gasteiger partial charge in [0.15, 0.2) is 0 Å². The van der Waals surface area contributed by atoms with E-state index in [1.165, 1.54) is 11.1 Å². The summed E-state index contributed by atoms with van der Waals surface area (Å²) in [7, 11) is 0. The Hall–Kier alpha value is -1.79. The van der Waals surface area contributed by atoms with Gasteiger partial charge in [-0.15, -0.1) is 0 Å². The normalized spacial score (nSPS) is 13.8. The Balaban J connectivity index is 1.98. The van der Waals surface area contributed by atoms with Crippen molar-refractivity contribution in [3.8, 4) is 6.07 Å². The van der Waals surface area contributed by atoms with Crippen LogP contribution in [0.3, 0.4) is 0 Å². The first-order valence-corrected chi connectivity index (χ1v) is 7.09. The SMILES string of the molecule is N#Cc1c(Br)cccc1N1CCc2ccccc2C1. The minimum absolute atomic E-state index is 0.724. The van der Waals surface area contributed by atoms with Crippen LogP contribution in [0.4, 0.5) is 5.69 Å². The van der Waals surface area contributed by atoms with Gasteiger partial charge < -0.3 is 4.90 Å². The second-order valence-electron chi connectivity index (χ2n) is 4.69. The van der Waals surface area contributed by atoms with Crippen molar-refractivity contribution >= 4 is 21.6 Å². The van der Waals surface area contributed by atoms with Gasteiger partial charge in [0.1, 0.15) is 6.07 Å². The molecule has 1 aliphatic rings. The summed E-state index contributed by atoms with van der Waals surface area (Å²) in [5.41, 5.74) is 4.53. The number of anilines is 1. The highest BCUT2D eigenvalue weighted by Gasteiger charge is 2.19. The van der Waals surface area contributed by atoms with Crippen molar-refractivity contribution in [2.75, 3.05) is 11.4 Å². The molecule has 3 heteroatoms. The molecule has 0 unspecified atom stereocenters. The second kappa shape index (κ2) is 5.07. The molecule has 0 radical (unpaired) electrons. The lowest BCUT2D eigenvalue weighted by Gasteiger charge is -2.31. The van der Waals surface area contributed by atoms with Crippen LogP contribution >= 0.6 is 15.9 Å². The maximum atomic E-state index is 9.32. The van der Waals surface area contributed by atoms with Gasteiger partial charge >= 0.3 is 0 Å². The molecule has 0 aliphatic carbocycles. The van der Waals surface area contributed by atoms with Crippen LogP contribution in [0.1, 0.15) is 16.7 Å². The molecule has 0 atom stereocenters. The molecular formula is C16H13BrN2. The summed E-state index contributed by atoms with van der Waals surface area (Å²) in [6, 6.07) is 16.8. The summed E-state index contributed by atoms with van der Waals surface area (Å²) in [6.07, 6.45) is 1.04. The fourth-order valence-electron chi connectivity index (χ4n) is 2.59. The van der Waals surface area contributed by atoms with Crippen molar-refractivity contribution in [1.82, 2.24) is 0 Å². The molecule has 1 aliphatic heterocycles. The van der Waals surface area contributed by atoms with Gasteiger partial charge in [-0.25, -0.2) is 0 Å². The van der Waals surface area contributed by atoms with Crippen molar-refractivity contribution in [2.24, 2.45) is 0 Å². The average molecular weight is 313 g/mol. The molecule has 1 heterocycles. The van der Waals surface area contributed by atoms with Gasteiger partial charge in [-0.2, -0.15) is 5.26 Å². The molecule has 0 spiro atoms. The third-order valence-electron chi connectivity index (χ3n) is 3.57. The van der Waals surface area contributed by atoms with Gasteiger partial charge in [-0.1, -0.05) is 30.3 Å². The van der Waals surface area contributed by atoms with E-state index < -0.39 is 0 Å². The molecule has 19 heavy (non-hydrogen) atoms. The summed E-state index contributed by atoms with van der Waals surface area (Å²) < 4.78 is 0.867. The van der Waals surface area contributed by atoms with Crippen LogP contribution in [0.25, 0.3) is 0 Å². The van der Waals surface area contributed by atoms with Crippen LogP contribution in [0.5, 0.6) is 0 Å². The predicted molar refractivity (Wildman–Crippen MR) is 80.1 cm³/mol. The van der Waals surface area contributed by atoms with E-state index in [4.69, 9.17) is 0 Å². The third-order valence-corrected chi connectivity index (χ3v) is 4.24. The largest absolute Gasteiger partial charge is 0.366 e. The van der Waals surface area contributed by atoms with Crippen molar-refractivity contribution in [2.45, 2.75) is 13.0 Å². The van der Waals surface area contributed by atoms with E-state index in [-0.39, 0.29) is 0 Å². The number of nitriles is 1. The Labute approximate surface area is 121 Å². The molecule has 2 nitrogen and oxygen atoms in total. The van der Waals surface area contributed by atoms with E-state index >= 15 is 0 Å². The highest BCUT2D eigenvalue weighted by atomic mass is 79.9. The number of nitrogens with zero attached hydrogens (tertiary/aromatic N) is 2. The van der Waals surface area contributed by atoms with Crippen LogP contribution in [-0.2, 0) is 13.0 Å². The Bertz CT molecular complexity index is 658. The van der Waals surface area contributed by atoms with E-state index in [9.17, 15) is 5.26 Å².